The first-order valence-corrected chi connectivity index (χ1v) is 11.7. The summed E-state index contributed by atoms with van der Waals surface area (Å²) in [6.45, 7) is 7.67. The Balaban J connectivity index is 1.49. The van der Waals surface area contributed by atoms with E-state index in [9.17, 15) is 14.0 Å². The van der Waals surface area contributed by atoms with E-state index in [1.54, 1.807) is 45.9 Å². The maximum Gasteiger partial charge on any atom is 0.410 e. The zero-order valence-electron chi connectivity index (χ0n) is 20.5. The molecule has 186 valence electrons. The lowest BCUT2D eigenvalue weighted by atomic mass is 10.0. The van der Waals surface area contributed by atoms with Gasteiger partial charge >= 0.3 is 6.09 Å². The second kappa shape index (κ2) is 9.98. The Hall–Kier alpha value is -3.55. The molecule has 2 amide bonds. The van der Waals surface area contributed by atoms with Gasteiger partial charge in [-0.1, -0.05) is 30.3 Å². The molecule has 1 fully saturated rings. The van der Waals surface area contributed by atoms with Crippen molar-refractivity contribution in [2.45, 2.75) is 58.5 Å². The van der Waals surface area contributed by atoms with Gasteiger partial charge in [0, 0.05) is 18.5 Å². The zero-order valence-corrected chi connectivity index (χ0v) is 20.5. The van der Waals surface area contributed by atoms with E-state index < -0.39 is 29.8 Å². The number of rotatable bonds is 5. The quantitative estimate of drug-likeness (QED) is 0.527. The molecule has 0 radical (unpaired) electrons. The fourth-order valence-corrected chi connectivity index (χ4v) is 4.10. The van der Waals surface area contributed by atoms with Crippen LogP contribution in [0.25, 0.3) is 11.0 Å². The summed E-state index contributed by atoms with van der Waals surface area (Å²) in [7, 11) is 0. The van der Waals surface area contributed by atoms with Crippen LogP contribution in [-0.4, -0.2) is 47.8 Å². The van der Waals surface area contributed by atoms with Crippen molar-refractivity contribution in [2.24, 2.45) is 0 Å². The lowest BCUT2D eigenvalue weighted by Crippen LogP contribution is -2.55. The molecule has 1 aliphatic rings. The number of fused-ring (bicyclic) bond motifs is 1. The average Bonchev–Trinajstić information content (AvgIpc) is 3.13. The van der Waals surface area contributed by atoms with E-state index in [0.29, 0.717) is 34.6 Å². The zero-order chi connectivity index (χ0) is 25.2. The van der Waals surface area contributed by atoms with Crippen LogP contribution in [0.4, 0.5) is 9.18 Å². The average molecular weight is 483 g/mol. The minimum absolute atomic E-state index is 0.0298. The van der Waals surface area contributed by atoms with Crippen LogP contribution in [0.3, 0.4) is 0 Å². The lowest BCUT2D eigenvalue weighted by molar-refractivity contribution is 0.0112. The van der Waals surface area contributed by atoms with Crippen LogP contribution in [0.5, 0.6) is 5.75 Å². The molecule has 1 aliphatic heterocycles. The van der Waals surface area contributed by atoms with Crippen LogP contribution in [0.2, 0.25) is 0 Å². The van der Waals surface area contributed by atoms with Crippen molar-refractivity contribution >= 4 is 23.0 Å². The number of hydrogen-bond donors (Lipinski definition) is 1. The molecule has 7 nitrogen and oxygen atoms in total. The summed E-state index contributed by atoms with van der Waals surface area (Å²) >= 11 is 0. The van der Waals surface area contributed by atoms with Gasteiger partial charge in [-0.25, -0.2) is 9.18 Å². The van der Waals surface area contributed by atoms with E-state index in [4.69, 9.17) is 13.9 Å². The molecule has 8 heteroatoms. The maximum absolute atomic E-state index is 14.7. The van der Waals surface area contributed by atoms with Crippen molar-refractivity contribution < 1.29 is 27.9 Å². The number of amides is 2. The van der Waals surface area contributed by atoms with E-state index in [-0.39, 0.29) is 19.5 Å². The smallest absolute Gasteiger partial charge is 0.410 e. The fourth-order valence-electron chi connectivity index (χ4n) is 4.10. The predicted molar refractivity (Wildman–Crippen MR) is 130 cm³/mol. The number of aryl methyl sites for hydroxylation is 1. The first-order valence-electron chi connectivity index (χ1n) is 11.7. The van der Waals surface area contributed by atoms with Gasteiger partial charge in [-0.3, -0.25) is 4.79 Å². The van der Waals surface area contributed by atoms with E-state index in [1.807, 2.05) is 30.3 Å². The number of carbonyl (C=O) groups excluding carboxylic acids is 2. The standard InChI is InChI=1S/C27H31FN2O5/c1-17-24(20-14-19(10-11-23(20)34-17)33-16-18-8-6-5-7-9-18)25(31)29-22-15-30(13-12-21(22)28)26(32)35-27(2,3)4/h5-11,14,21-22H,12-13,15-16H2,1-4H3,(H,29,31). The highest BCUT2D eigenvalue weighted by Gasteiger charge is 2.35. The summed E-state index contributed by atoms with van der Waals surface area (Å²) in [5.74, 6) is 0.557. The Morgan fingerprint density at radius 2 is 1.91 bits per heavy atom. The molecule has 35 heavy (non-hydrogen) atoms. The largest absolute Gasteiger partial charge is 0.489 e. The Morgan fingerprint density at radius 1 is 1.17 bits per heavy atom. The lowest BCUT2D eigenvalue weighted by Gasteiger charge is -2.36. The third-order valence-electron chi connectivity index (χ3n) is 5.81. The molecule has 0 saturated carbocycles. The Labute approximate surface area is 204 Å². The van der Waals surface area contributed by atoms with Crippen molar-refractivity contribution in [3.05, 3.63) is 65.4 Å². The third-order valence-corrected chi connectivity index (χ3v) is 5.81. The first kappa shape index (κ1) is 24.6. The second-order valence-corrected chi connectivity index (χ2v) is 9.78. The van der Waals surface area contributed by atoms with E-state index in [2.05, 4.69) is 5.32 Å². The first-order chi connectivity index (χ1) is 16.6. The SMILES string of the molecule is Cc1oc2ccc(OCc3ccccc3)cc2c1C(=O)NC1CN(C(=O)OC(C)(C)C)CCC1F. The van der Waals surface area contributed by atoms with Gasteiger partial charge in [-0.05, 0) is 57.9 Å². The van der Waals surface area contributed by atoms with Gasteiger partial charge in [0.15, 0.2) is 0 Å². The normalized spacial score (nSPS) is 18.4. The molecular formula is C27H31FN2O5. The number of alkyl halides is 1. The molecular weight excluding hydrogens is 451 g/mol. The van der Waals surface area contributed by atoms with Gasteiger partial charge in [-0.15, -0.1) is 0 Å². The number of nitrogens with one attached hydrogen (secondary N) is 1. The van der Waals surface area contributed by atoms with Gasteiger partial charge in [0.1, 0.15) is 35.5 Å². The molecule has 4 rings (SSSR count). The van der Waals surface area contributed by atoms with Gasteiger partial charge < -0.3 is 24.1 Å². The predicted octanol–water partition coefficient (Wildman–Crippen LogP) is 5.40. The van der Waals surface area contributed by atoms with Gasteiger partial charge in [0.2, 0.25) is 0 Å². The summed E-state index contributed by atoms with van der Waals surface area (Å²) < 4.78 is 31.8. The number of benzene rings is 2. The number of piperidine rings is 1. The molecule has 3 aromatic rings. The topological polar surface area (TPSA) is 81.0 Å². The summed E-state index contributed by atoms with van der Waals surface area (Å²) in [6.07, 6.45) is -1.68. The summed E-state index contributed by atoms with van der Waals surface area (Å²) in [5.41, 5.74) is 1.23. The van der Waals surface area contributed by atoms with Gasteiger partial charge in [-0.2, -0.15) is 0 Å². The molecule has 2 unspecified atom stereocenters. The molecule has 1 saturated heterocycles. The van der Waals surface area contributed by atoms with Crippen molar-refractivity contribution in [3.63, 3.8) is 0 Å². The van der Waals surface area contributed by atoms with E-state index in [1.165, 1.54) is 4.90 Å². The summed E-state index contributed by atoms with van der Waals surface area (Å²) in [6, 6.07) is 14.2. The van der Waals surface area contributed by atoms with Crippen molar-refractivity contribution in [1.29, 1.82) is 0 Å². The molecule has 0 bridgehead atoms. The van der Waals surface area contributed by atoms with Gasteiger partial charge in [0.25, 0.3) is 5.91 Å². The fraction of sp³-hybridized carbons (Fsp3) is 0.407. The van der Waals surface area contributed by atoms with Gasteiger partial charge in [0.05, 0.1) is 11.6 Å². The van der Waals surface area contributed by atoms with E-state index >= 15 is 0 Å². The Bertz CT molecular complexity index is 1200. The highest BCUT2D eigenvalue weighted by molar-refractivity contribution is 6.07. The highest BCUT2D eigenvalue weighted by Crippen LogP contribution is 2.30. The molecule has 2 aromatic carbocycles. The minimum Gasteiger partial charge on any atom is -0.489 e. The highest BCUT2D eigenvalue weighted by atomic mass is 19.1. The number of halogens is 1. The van der Waals surface area contributed by atoms with Crippen molar-refractivity contribution in [2.75, 3.05) is 13.1 Å². The molecule has 2 atom stereocenters. The third kappa shape index (κ3) is 5.93. The van der Waals surface area contributed by atoms with Crippen LogP contribution in [0.15, 0.2) is 52.9 Å². The Kier molecular flexibility index (Phi) is 7.00. The molecule has 0 spiro atoms. The van der Waals surface area contributed by atoms with Crippen molar-refractivity contribution in [1.82, 2.24) is 10.2 Å². The molecule has 1 aromatic heterocycles. The van der Waals surface area contributed by atoms with E-state index in [0.717, 1.165) is 5.56 Å². The monoisotopic (exact) mass is 482 g/mol. The molecule has 1 N–H and O–H groups in total. The summed E-state index contributed by atoms with van der Waals surface area (Å²) in [4.78, 5) is 27.1. The van der Waals surface area contributed by atoms with Crippen molar-refractivity contribution in [3.8, 4) is 5.75 Å². The maximum atomic E-state index is 14.7. The Morgan fingerprint density at radius 3 is 2.63 bits per heavy atom. The summed E-state index contributed by atoms with van der Waals surface area (Å²) in [5, 5.41) is 3.35. The van der Waals surface area contributed by atoms with Crippen LogP contribution < -0.4 is 10.1 Å². The molecule has 2 heterocycles. The second-order valence-electron chi connectivity index (χ2n) is 9.78. The van der Waals surface area contributed by atoms with Crippen LogP contribution in [-0.2, 0) is 11.3 Å². The molecule has 0 aliphatic carbocycles. The number of furan rings is 1. The minimum atomic E-state index is -1.28. The van der Waals surface area contributed by atoms with Crippen LogP contribution in [0, 0.1) is 6.92 Å². The number of hydrogen-bond acceptors (Lipinski definition) is 5. The number of carbonyl (C=O) groups is 2. The number of nitrogens with zero attached hydrogens (tertiary/aromatic N) is 1. The van der Waals surface area contributed by atoms with Crippen LogP contribution >= 0.6 is 0 Å². The number of likely N-dealkylation sites (tertiary alicyclic amines) is 1. The number of ether oxygens (including phenoxy) is 2. The van der Waals surface area contributed by atoms with Crippen LogP contribution in [0.1, 0.15) is 48.9 Å².